The van der Waals surface area contributed by atoms with Crippen LogP contribution in [0.4, 0.5) is 5.13 Å². The van der Waals surface area contributed by atoms with E-state index in [1.165, 1.54) is 12.3 Å². The number of nitrogens with zero attached hydrogens (tertiary/aromatic N) is 1. The number of hydrogen-bond acceptors (Lipinski definition) is 5. The molecule has 0 bridgehead atoms. The lowest BCUT2D eigenvalue weighted by Crippen LogP contribution is -2.15. The van der Waals surface area contributed by atoms with Crippen molar-refractivity contribution in [3.63, 3.8) is 0 Å². The minimum absolute atomic E-state index is 0.122. The van der Waals surface area contributed by atoms with Crippen LogP contribution in [-0.2, 0) is 15.8 Å². The molecule has 100 valence electrons. The monoisotopic (exact) mass is 296 g/mol. The smallest absolute Gasteiger partial charge is 0.238 e. The highest BCUT2D eigenvalue weighted by Gasteiger charge is 2.14. The van der Waals surface area contributed by atoms with Crippen molar-refractivity contribution in [1.82, 2.24) is 4.98 Å². The summed E-state index contributed by atoms with van der Waals surface area (Å²) in [6, 6.07) is 8.86. The summed E-state index contributed by atoms with van der Waals surface area (Å²) in [5.74, 6) is -0.312. The zero-order valence-electron chi connectivity index (χ0n) is 10.2. The first kappa shape index (κ1) is 13.7. The molecule has 0 atom stereocenters. The summed E-state index contributed by atoms with van der Waals surface area (Å²) in [4.78, 5) is 15.0. The second-order valence-corrected chi connectivity index (χ2v) is 6.52. The molecule has 1 aromatic carbocycles. The SMILES string of the molecule is CC(=O)c1csc(NS(=O)(=O)Cc2ccccc2)n1. The van der Waals surface area contributed by atoms with Gasteiger partial charge < -0.3 is 0 Å². The van der Waals surface area contributed by atoms with Gasteiger partial charge in [0.15, 0.2) is 10.9 Å². The molecule has 2 rings (SSSR count). The first-order valence-electron chi connectivity index (χ1n) is 5.47. The van der Waals surface area contributed by atoms with Crippen molar-refractivity contribution < 1.29 is 13.2 Å². The number of thiazole rings is 1. The molecule has 1 heterocycles. The highest BCUT2D eigenvalue weighted by Crippen LogP contribution is 2.18. The zero-order chi connectivity index (χ0) is 13.9. The Morgan fingerprint density at radius 2 is 2.00 bits per heavy atom. The van der Waals surface area contributed by atoms with E-state index >= 15 is 0 Å². The van der Waals surface area contributed by atoms with Gasteiger partial charge in [0.2, 0.25) is 10.0 Å². The van der Waals surface area contributed by atoms with Gasteiger partial charge >= 0.3 is 0 Å². The van der Waals surface area contributed by atoms with E-state index in [-0.39, 0.29) is 22.4 Å². The predicted octanol–water partition coefficient (Wildman–Crippen LogP) is 2.29. The van der Waals surface area contributed by atoms with Crippen LogP contribution in [0, 0.1) is 0 Å². The predicted molar refractivity (Wildman–Crippen MR) is 74.8 cm³/mol. The molecule has 0 unspecified atom stereocenters. The Balaban J connectivity index is 2.10. The topological polar surface area (TPSA) is 76.1 Å². The van der Waals surface area contributed by atoms with Crippen LogP contribution in [-0.4, -0.2) is 19.2 Å². The average Bonchev–Trinajstić information content (AvgIpc) is 2.77. The van der Waals surface area contributed by atoms with Gasteiger partial charge in [0, 0.05) is 12.3 Å². The third kappa shape index (κ3) is 3.87. The van der Waals surface area contributed by atoms with Crippen LogP contribution in [0.25, 0.3) is 0 Å². The van der Waals surface area contributed by atoms with Gasteiger partial charge in [-0.1, -0.05) is 30.3 Å². The van der Waals surface area contributed by atoms with E-state index in [1.54, 1.807) is 24.3 Å². The fourth-order valence-electron chi connectivity index (χ4n) is 1.45. The molecule has 0 saturated heterocycles. The first-order valence-corrected chi connectivity index (χ1v) is 8.00. The lowest BCUT2D eigenvalue weighted by molar-refractivity contribution is 0.101. The van der Waals surface area contributed by atoms with Gasteiger partial charge in [0.05, 0.1) is 5.75 Å². The van der Waals surface area contributed by atoms with Crippen molar-refractivity contribution in [2.45, 2.75) is 12.7 Å². The van der Waals surface area contributed by atoms with Crippen molar-refractivity contribution in [2.24, 2.45) is 0 Å². The third-order valence-electron chi connectivity index (χ3n) is 2.31. The fraction of sp³-hybridized carbons (Fsp3) is 0.167. The molecule has 2 aromatic rings. The van der Waals surface area contributed by atoms with Crippen molar-refractivity contribution in [3.8, 4) is 0 Å². The minimum Gasteiger partial charge on any atom is -0.293 e. The van der Waals surface area contributed by atoms with Crippen LogP contribution < -0.4 is 4.72 Å². The Bertz CT molecular complexity index is 678. The van der Waals surface area contributed by atoms with Crippen LogP contribution >= 0.6 is 11.3 Å². The zero-order valence-corrected chi connectivity index (χ0v) is 11.8. The van der Waals surface area contributed by atoms with E-state index in [0.717, 1.165) is 11.3 Å². The number of Topliss-reactive ketones (excluding diaryl/α,β-unsaturated/α-hetero) is 1. The number of carbonyl (C=O) groups excluding carboxylic acids is 1. The number of anilines is 1. The van der Waals surface area contributed by atoms with Gasteiger partial charge in [0.1, 0.15) is 5.69 Å². The standard InChI is InChI=1S/C12H12N2O3S2/c1-9(15)11-7-18-12(13-11)14-19(16,17)8-10-5-3-2-4-6-10/h2-7H,8H2,1H3,(H,13,14). The minimum atomic E-state index is -3.51. The molecule has 7 heteroatoms. The number of nitrogens with one attached hydrogen (secondary N) is 1. The maximum atomic E-state index is 11.9. The maximum Gasteiger partial charge on any atom is 0.238 e. The molecule has 0 aliphatic rings. The van der Waals surface area contributed by atoms with Gasteiger partial charge in [-0.3, -0.25) is 9.52 Å². The number of rotatable bonds is 5. The van der Waals surface area contributed by atoms with Crippen molar-refractivity contribution >= 4 is 32.3 Å². The van der Waals surface area contributed by atoms with Crippen LogP contribution in [0.3, 0.4) is 0 Å². The Labute approximate surface area is 115 Å². The molecule has 0 radical (unpaired) electrons. The largest absolute Gasteiger partial charge is 0.293 e. The Morgan fingerprint density at radius 1 is 1.32 bits per heavy atom. The number of ketones is 1. The van der Waals surface area contributed by atoms with Gasteiger partial charge in [-0.15, -0.1) is 11.3 Å². The van der Waals surface area contributed by atoms with Gasteiger partial charge in [0.25, 0.3) is 0 Å². The Morgan fingerprint density at radius 3 is 2.58 bits per heavy atom. The number of carbonyl (C=O) groups is 1. The number of sulfonamides is 1. The number of hydrogen-bond donors (Lipinski definition) is 1. The normalized spacial score (nSPS) is 11.2. The number of aromatic nitrogens is 1. The number of benzene rings is 1. The van der Waals surface area contributed by atoms with E-state index in [9.17, 15) is 13.2 Å². The van der Waals surface area contributed by atoms with Crippen LogP contribution in [0.5, 0.6) is 0 Å². The first-order chi connectivity index (χ1) is 8.96. The molecular weight excluding hydrogens is 284 g/mol. The second-order valence-electron chi connectivity index (χ2n) is 3.94. The van der Waals surface area contributed by atoms with E-state index in [2.05, 4.69) is 9.71 Å². The fourth-order valence-corrected chi connectivity index (χ4v) is 3.63. The summed E-state index contributed by atoms with van der Waals surface area (Å²) in [5, 5.41) is 1.74. The lowest BCUT2D eigenvalue weighted by atomic mass is 10.2. The molecule has 0 aliphatic carbocycles. The molecule has 1 aromatic heterocycles. The molecule has 0 amide bonds. The van der Waals surface area contributed by atoms with Crippen molar-refractivity contribution in [1.29, 1.82) is 0 Å². The van der Waals surface area contributed by atoms with E-state index in [1.807, 2.05) is 6.07 Å². The van der Waals surface area contributed by atoms with E-state index in [4.69, 9.17) is 0 Å². The van der Waals surface area contributed by atoms with Crippen LogP contribution in [0.1, 0.15) is 23.0 Å². The lowest BCUT2D eigenvalue weighted by Gasteiger charge is -2.04. The van der Waals surface area contributed by atoms with E-state index in [0.29, 0.717) is 5.56 Å². The molecule has 1 N–H and O–H groups in total. The van der Waals surface area contributed by atoms with Gasteiger partial charge in [-0.2, -0.15) is 0 Å². The molecule has 5 nitrogen and oxygen atoms in total. The third-order valence-corrected chi connectivity index (χ3v) is 4.41. The summed E-state index contributed by atoms with van der Waals surface area (Å²) in [6.45, 7) is 1.39. The summed E-state index contributed by atoms with van der Waals surface area (Å²) in [7, 11) is -3.51. The van der Waals surface area contributed by atoms with Crippen LogP contribution in [0.2, 0.25) is 0 Å². The highest BCUT2D eigenvalue weighted by atomic mass is 32.2. The second kappa shape index (κ2) is 5.50. The average molecular weight is 296 g/mol. The molecule has 0 aliphatic heterocycles. The van der Waals surface area contributed by atoms with Crippen molar-refractivity contribution in [3.05, 3.63) is 47.0 Å². The van der Waals surface area contributed by atoms with Gasteiger partial charge in [-0.25, -0.2) is 13.4 Å². The van der Waals surface area contributed by atoms with E-state index < -0.39 is 10.0 Å². The summed E-state index contributed by atoms with van der Waals surface area (Å²) in [6.07, 6.45) is 0. The molecular formula is C12H12N2O3S2. The van der Waals surface area contributed by atoms with Crippen LogP contribution in [0.15, 0.2) is 35.7 Å². The molecule has 0 saturated carbocycles. The van der Waals surface area contributed by atoms with Gasteiger partial charge in [-0.05, 0) is 5.56 Å². The molecule has 0 spiro atoms. The summed E-state index contributed by atoms with van der Waals surface area (Å²) < 4.78 is 26.2. The maximum absolute atomic E-state index is 11.9. The van der Waals surface area contributed by atoms with Crippen molar-refractivity contribution in [2.75, 3.05) is 4.72 Å². The summed E-state index contributed by atoms with van der Waals surface area (Å²) >= 11 is 1.09. The Hall–Kier alpha value is -1.73. The Kier molecular flexibility index (Phi) is 3.96. The highest BCUT2D eigenvalue weighted by molar-refractivity contribution is 7.92. The quantitative estimate of drug-likeness (QED) is 0.859. The molecule has 19 heavy (non-hydrogen) atoms. The summed E-state index contributed by atoms with van der Waals surface area (Å²) in [5.41, 5.74) is 0.959. The molecule has 0 fully saturated rings.